The van der Waals surface area contributed by atoms with Crippen molar-refractivity contribution in [3.8, 4) is 0 Å². The van der Waals surface area contributed by atoms with Crippen LogP contribution in [0.2, 0.25) is 0 Å². The molecular weight excluding hydrogens is 226 g/mol. The molecule has 0 spiro atoms. The molecule has 1 heterocycles. The molecule has 1 fully saturated rings. The zero-order chi connectivity index (χ0) is 12.6. The fraction of sp³-hybridized carbons (Fsp3) is 0.357. The van der Waals surface area contributed by atoms with Crippen molar-refractivity contribution in [3.63, 3.8) is 0 Å². The Morgan fingerprint density at radius 1 is 1.33 bits per heavy atom. The zero-order valence-corrected chi connectivity index (χ0v) is 10.2. The fourth-order valence-electron chi connectivity index (χ4n) is 2.37. The summed E-state index contributed by atoms with van der Waals surface area (Å²) in [5, 5.41) is 14.4. The van der Waals surface area contributed by atoms with E-state index in [1.807, 2.05) is 24.3 Å². The van der Waals surface area contributed by atoms with Gasteiger partial charge in [-0.1, -0.05) is 12.1 Å². The maximum absolute atomic E-state index is 10.1. The third-order valence-corrected chi connectivity index (χ3v) is 3.69. The van der Waals surface area contributed by atoms with Crippen LogP contribution >= 0.6 is 0 Å². The van der Waals surface area contributed by atoms with E-state index in [0.29, 0.717) is 12.2 Å². The Morgan fingerprint density at radius 2 is 2.17 bits per heavy atom. The van der Waals surface area contributed by atoms with E-state index in [0.717, 1.165) is 35.9 Å². The molecule has 4 nitrogen and oxygen atoms in total. The van der Waals surface area contributed by atoms with E-state index in [2.05, 4.69) is 10.3 Å². The van der Waals surface area contributed by atoms with E-state index in [4.69, 9.17) is 5.73 Å². The predicted molar refractivity (Wildman–Crippen MR) is 73.4 cm³/mol. The first-order chi connectivity index (χ1) is 8.68. The summed E-state index contributed by atoms with van der Waals surface area (Å²) in [7, 11) is 0. The number of nitrogen functional groups attached to an aromatic ring is 1. The first kappa shape index (κ1) is 11.3. The van der Waals surface area contributed by atoms with Crippen molar-refractivity contribution < 1.29 is 5.11 Å². The van der Waals surface area contributed by atoms with E-state index < -0.39 is 5.60 Å². The molecule has 4 N–H and O–H groups in total. The van der Waals surface area contributed by atoms with Crippen molar-refractivity contribution in [2.75, 3.05) is 17.6 Å². The zero-order valence-electron chi connectivity index (χ0n) is 10.2. The number of pyridine rings is 1. The molecule has 94 valence electrons. The molecule has 1 aliphatic carbocycles. The Hall–Kier alpha value is -1.81. The molecule has 0 bridgehead atoms. The van der Waals surface area contributed by atoms with Crippen LogP contribution in [0.3, 0.4) is 0 Å². The SMILES string of the molecule is Nc1cccc2c(NCC3(O)CCC3)ccnc12. The number of hydrogen-bond donors (Lipinski definition) is 3. The van der Waals surface area contributed by atoms with Crippen LogP contribution in [0.15, 0.2) is 30.5 Å². The van der Waals surface area contributed by atoms with Crippen LogP contribution in [-0.2, 0) is 0 Å². The number of nitrogens with two attached hydrogens (primary N) is 1. The van der Waals surface area contributed by atoms with Gasteiger partial charge in [0.15, 0.2) is 0 Å². The average Bonchev–Trinajstić information content (AvgIpc) is 2.35. The summed E-state index contributed by atoms with van der Waals surface area (Å²) in [4.78, 5) is 4.29. The van der Waals surface area contributed by atoms with Crippen LogP contribution in [0.5, 0.6) is 0 Å². The van der Waals surface area contributed by atoms with Gasteiger partial charge in [0.1, 0.15) is 0 Å². The van der Waals surface area contributed by atoms with Crippen LogP contribution in [0.4, 0.5) is 11.4 Å². The highest BCUT2D eigenvalue weighted by atomic mass is 16.3. The highest BCUT2D eigenvalue weighted by molar-refractivity contribution is 5.97. The van der Waals surface area contributed by atoms with E-state index in [9.17, 15) is 5.11 Å². The van der Waals surface area contributed by atoms with Crippen molar-refractivity contribution >= 4 is 22.3 Å². The number of aliphatic hydroxyl groups is 1. The molecule has 0 amide bonds. The summed E-state index contributed by atoms with van der Waals surface area (Å²) in [5.41, 5.74) is 7.84. The number of hydrogen-bond acceptors (Lipinski definition) is 4. The van der Waals surface area contributed by atoms with Crippen LogP contribution in [-0.4, -0.2) is 22.2 Å². The van der Waals surface area contributed by atoms with Crippen molar-refractivity contribution in [1.29, 1.82) is 0 Å². The van der Waals surface area contributed by atoms with Gasteiger partial charge in [-0.3, -0.25) is 4.98 Å². The van der Waals surface area contributed by atoms with E-state index in [1.54, 1.807) is 6.20 Å². The molecule has 1 aliphatic rings. The van der Waals surface area contributed by atoms with E-state index in [1.165, 1.54) is 0 Å². The molecule has 2 aromatic rings. The van der Waals surface area contributed by atoms with Gasteiger partial charge in [0.2, 0.25) is 0 Å². The number of rotatable bonds is 3. The van der Waals surface area contributed by atoms with Gasteiger partial charge in [-0.05, 0) is 31.4 Å². The molecule has 1 aromatic carbocycles. The largest absolute Gasteiger partial charge is 0.397 e. The molecular formula is C14H17N3O. The normalized spacial score (nSPS) is 17.4. The van der Waals surface area contributed by atoms with Crippen molar-refractivity contribution in [2.24, 2.45) is 0 Å². The van der Waals surface area contributed by atoms with Gasteiger partial charge in [0.25, 0.3) is 0 Å². The Morgan fingerprint density at radius 3 is 2.89 bits per heavy atom. The Kier molecular flexibility index (Phi) is 2.59. The number of para-hydroxylation sites is 1. The predicted octanol–water partition coefficient (Wildman–Crippen LogP) is 2.14. The lowest BCUT2D eigenvalue weighted by Gasteiger charge is -2.37. The van der Waals surface area contributed by atoms with Gasteiger partial charge in [0.05, 0.1) is 16.8 Å². The second kappa shape index (κ2) is 4.14. The number of fused-ring (bicyclic) bond motifs is 1. The summed E-state index contributed by atoms with van der Waals surface area (Å²) >= 11 is 0. The number of anilines is 2. The van der Waals surface area contributed by atoms with Crippen LogP contribution in [0, 0.1) is 0 Å². The highest BCUT2D eigenvalue weighted by Crippen LogP contribution is 2.32. The molecule has 0 unspecified atom stereocenters. The van der Waals surface area contributed by atoms with Crippen molar-refractivity contribution in [3.05, 3.63) is 30.5 Å². The third-order valence-electron chi connectivity index (χ3n) is 3.69. The van der Waals surface area contributed by atoms with Crippen molar-refractivity contribution in [2.45, 2.75) is 24.9 Å². The Bertz CT molecular complexity index is 578. The van der Waals surface area contributed by atoms with Crippen LogP contribution in [0.25, 0.3) is 10.9 Å². The lowest BCUT2D eigenvalue weighted by atomic mass is 9.80. The quantitative estimate of drug-likeness (QED) is 0.722. The molecule has 0 aliphatic heterocycles. The minimum Gasteiger partial charge on any atom is -0.397 e. The summed E-state index contributed by atoms with van der Waals surface area (Å²) in [6.07, 6.45) is 4.62. The van der Waals surface area contributed by atoms with Gasteiger partial charge in [-0.25, -0.2) is 0 Å². The van der Waals surface area contributed by atoms with Gasteiger partial charge >= 0.3 is 0 Å². The number of benzene rings is 1. The first-order valence-corrected chi connectivity index (χ1v) is 6.27. The standard InChI is InChI=1S/C14H17N3O/c15-11-4-1-3-10-12(5-8-16-13(10)11)17-9-14(18)6-2-7-14/h1,3-5,8,18H,2,6-7,9,15H2,(H,16,17). The Balaban J connectivity index is 1.89. The molecule has 4 heteroatoms. The van der Waals surface area contributed by atoms with Crippen LogP contribution < -0.4 is 11.1 Å². The van der Waals surface area contributed by atoms with Crippen LogP contribution in [0.1, 0.15) is 19.3 Å². The average molecular weight is 243 g/mol. The lowest BCUT2D eigenvalue weighted by Crippen LogP contribution is -2.43. The summed E-state index contributed by atoms with van der Waals surface area (Å²) in [5.74, 6) is 0. The number of nitrogens with zero attached hydrogens (tertiary/aromatic N) is 1. The topological polar surface area (TPSA) is 71.2 Å². The third kappa shape index (κ3) is 1.88. The second-order valence-electron chi connectivity index (χ2n) is 5.03. The lowest BCUT2D eigenvalue weighted by molar-refractivity contribution is -0.0201. The number of aromatic nitrogens is 1. The maximum atomic E-state index is 10.1. The molecule has 1 saturated carbocycles. The molecule has 0 saturated heterocycles. The summed E-state index contributed by atoms with van der Waals surface area (Å²) in [6.45, 7) is 0.584. The van der Waals surface area contributed by atoms with Crippen molar-refractivity contribution in [1.82, 2.24) is 4.98 Å². The van der Waals surface area contributed by atoms with Gasteiger partial charge in [-0.2, -0.15) is 0 Å². The second-order valence-corrected chi connectivity index (χ2v) is 5.03. The van der Waals surface area contributed by atoms with E-state index >= 15 is 0 Å². The monoisotopic (exact) mass is 243 g/mol. The summed E-state index contributed by atoms with van der Waals surface area (Å²) in [6, 6.07) is 7.68. The fourth-order valence-corrected chi connectivity index (χ4v) is 2.37. The minimum absolute atomic E-state index is 0.532. The molecule has 3 rings (SSSR count). The maximum Gasteiger partial charge on any atom is 0.0951 e. The van der Waals surface area contributed by atoms with E-state index in [-0.39, 0.29) is 0 Å². The number of nitrogens with one attached hydrogen (secondary N) is 1. The highest BCUT2D eigenvalue weighted by Gasteiger charge is 2.33. The minimum atomic E-state index is -0.532. The van der Waals surface area contributed by atoms with Gasteiger partial charge in [-0.15, -0.1) is 0 Å². The van der Waals surface area contributed by atoms with Gasteiger partial charge < -0.3 is 16.2 Å². The molecule has 18 heavy (non-hydrogen) atoms. The molecule has 0 radical (unpaired) electrons. The smallest absolute Gasteiger partial charge is 0.0951 e. The molecule has 1 aromatic heterocycles. The first-order valence-electron chi connectivity index (χ1n) is 6.27. The molecule has 0 atom stereocenters. The Labute approximate surface area is 106 Å². The van der Waals surface area contributed by atoms with Gasteiger partial charge in [0, 0.05) is 23.8 Å². The summed E-state index contributed by atoms with van der Waals surface area (Å²) < 4.78 is 0.